The van der Waals surface area contributed by atoms with Gasteiger partial charge in [0.05, 0.1) is 21.6 Å². The van der Waals surface area contributed by atoms with Crippen molar-refractivity contribution in [2.24, 2.45) is 4.99 Å². The van der Waals surface area contributed by atoms with Gasteiger partial charge in [-0.25, -0.2) is 9.38 Å². The zero-order chi connectivity index (χ0) is 17.6. The first kappa shape index (κ1) is 15.7. The lowest BCUT2D eigenvalue weighted by molar-refractivity contribution is -0.112. The third-order valence-electron chi connectivity index (χ3n) is 3.62. The summed E-state index contributed by atoms with van der Waals surface area (Å²) in [6, 6.07) is 10.9. The van der Waals surface area contributed by atoms with Crippen LogP contribution < -0.4 is 15.9 Å². The van der Waals surface area contributed by atoms with Crippen molar-refractivity contribution in [1.29, 1.82) is 0 Å². The Hall–Kier alpha value is -2.77. The Balaban J connectivity index is 1.82. The number of anilines is 2. The summed E-state index contributed by atoms with van der Waals surface area (Å²) < 4.78 is 13.5. The maximum Gasteiger partial charge on any atom is 0.279 e. The van der Waals surface area contributed by atoms with Crippen molar-refractivity contribution >= 4 is 45.2 Å². The van der Waals surface area contributed by atoms with E-state index in [0.717, 1.165) is 11.3 Å². The van der Waals surface area contributed by atoms with Gasteiger partial charge in [-0.2, -0.15) is 4.98 Å². The van der Waals surface area contributed by atoms with Crippen molar-refractivity contribution in [2.75, 3.05) is 5.32 Å². The van der Waals surface area contributed by atoms with Crippen LogP contribution in [0.15, 0.2) is 47.5 Å². The van der Waals surface area contributed by atoms with Crippen LogP contribution in [0.1, 0.15) is 4.88 Å². The van der Waals surface area contributed by atoms with E-state index in [1.807, 2.05) is 0 Å². The Kier molecular flexibility index (Phi) is 3.74. The number of benzene rings is 2. The van der Waals surface area contributed by atoms with Crippen LogP contribution in [0.25, 0.3) is 5.57 Å². The van der Waals surface area contributed by atoms with Crippen LogP contribution in [-0.2, 0) is 4.79 Å². The van der Waals surface area contributed by atoms with E-state index in [4.69, 9.17) is 11.6 Å². The zero-order valence-electron chi connectivity index (χ0n) is 12.5. The minimum atomic E-state index is -0.538. The first-order valence-corrected chi connectivity index (χ1v) is 8.37. The SMILES string of the molecule is O=C1N=c2ccc(F)cc2=C1c1sc(Nc2ccccc2Cl)nc1O. The molecule has 0 bridgehead atoms. The molecule has 0 atom stereocenters. The lowest BCUT2D eigenvalue weighted by Crippen LogP contribution is -2.23. The fourth-order valence-electron chi connectivity index (χ4n) is 2.51. The molecule has 2 aromatic carbocycles. The molecule has 0 radical (unpaired) electrons. The number of hydrogen-bond donors (Lipinski definition) is 2. The van der Waals surface area contributed by atoms with E-state index >= 15 is 0 Å². The summed E-state index contributed by atoms with van der Waals surface area (Å²) in [4.78, 5) is 20.3. The molecule has 0 fully saturated rings. The smallest absolute Gasteiger partial charge is 0.279 e. The Morgan fingerprint density at radius 1 is 1.20 bits per heavy atom. The molecule has 3 aromatic rings. The van der Waals surface area contributed by atoms with Crippen molar-refractivity contribution in [1.82, 2.24) is 4.98 Å². The molecule has 25 heavy (non-hydrogen) atoms. The van der Waals surface area contributed by atoms with Crippen molar-refractivity contribution in [3.8, 4) is 5.88 Å². The van der Waals surface area contributed by atoms with Gasteiger partial charge in [-0.1, -0.05) is 35.1 Å². The minimum Gasteiger partial charge on any atom is -0.492 e. The highest BCUT2D eigenvalue weighted by Crippen LogP contribution is 2.36. The lowest BCUT2D eigenvalue weighted by atomic mass is 10.1. The second-order valence-electron chi connectivity index (χ2n) is 5.23. The zero-order valence-corrected chi connectivity index (χ0v) is 14.0. The second-order valence-corrected chi connectivity index (χ2v) is 6.64. The Morgan fingerprint density at radius 2 is 2.00 bits per heavy atom. The number of carbonyl (C=O) groups is 1. The van der Waals surface area contributed by atoms with Crippen LogP contribution in [0, 0.1) is 5.82 Å². The largest absolute Gasteiger partial charge is 0.492 e. The second kappa shape index (κ2) is 5.94. The molecule has 1 amide bonds. The summed E-state index contributed by atoms with van der Waals surface area (Å²) in [5.74, 6) is -1.35. The van der Waals surface area contributed by atoms with Crippen LogP contribution in [0.3, 0.4) is 0 Å². The maximum atomic E-state index is 13.5. The molecular formula is C17H9ClFN3O2S. The first-order valence-electron chi connectivity index (χ1n) is 7.17. The van der Waals surface area contributed by atoms with E-state index < -0.39 is 11.7 Å². The van der Waals surface area contributed by atoms with Gasteiger partial charge >= 0.3 is 0 Å². The van der Waals surface area contributed by atoms with Gasteiger partial charge in [-0.3, -0.25) is 4.79 Å². The molecule has 1 aliphatic rings. The first-order chi connectivity index (χ1) is 12.0. The third-order valence-corrected chi connectivity index (χ3v) is 4.92. The summed E-state index contributed by atoms with van der Waals surface area (Å²) in [5, 5.41) is 14.7. The van der Waals surface area contributed by atoms with Crippen LogP contribution in [0.2, 0.25) is 5.02 Å². The number of thiazole rings is 1. The highest BCUT2D eigenvalue weighted by molar-refractivity contribution is 7.17. The molecule has 5 nitrogen and oxygen atoms in total. The number of nitrogens with zero attached hydrogens (tertiary/aromatic N) is 2. The summed E-state index contributed by atoms with van der Waals surface area (Å²) in [6.45, 7) is 0. The van der Waals surface area contributed by atoms with Gasteiger partial charge in [0.2, 0.25) is 5.88 Å². The molecular weight excluding hydrogens is 365 g/mol. The fraction of sp³-hybridized carbons (Fsp3) is 0. The van der Waals surface area contributed by atoms with Crippen molar-refractivity contribution < 1.29 is 14.3 Å². The standard InChI is InChI=1S/C17H9ClFN3O2S/c18-10-3-1-2-4-12(10)21-17-22-16(24)14(25-17)13-9-7-8(19)5-6-11(9)20-15(13)23/h1-7,24H,(H,21,22). The van der Waals surface area contributed by atoms with Crippen LogP contribution in [0.5, 0.6) is 5.88 Å². The number of carbonyl (C=O) groups excluding carboxylic acids is 1. The number of rotatable bonds is 3. The van der Waals surface area contributed by atoms with E-state index in [1.165, 1.54) is 18.2 Å². The Labute approximate surface area is 149 Å². The Morgan fingerprint density at radius 3 is 2.80 bits per heavy atom. The molecule has 8 heteroatoms. The van der Waals surface area contributed by atoms with Crippen LogP contribution in [-0.4, -0.2) is 16.0 Å². The van der Waals surface area contributed by atoms with E-state index in [1.54, 1.807) is 24.3 Å². The number of aromatic nitrogens is 1. The van der Waals surface area contributed by atoms with Gasteiger partial charge in [0, 0.05) is 5.22 Å². The number of halogens is 2. The molecule has 2 N–H and O–H groups in total. The van der Waals surface area contributed by atoms with Crippen molar-refractivity contribution in [3.05, 3.63) is 68.8 Å². The van der Waals surface area contributed by atoms with Gasteiger partial charge in [-0.15, -0.1) is 0 Å². The number of amides is 1. The average Bonchev–Trinajstić information content (AvgIpc) is 3.08. The van der Waals surface area contributed by atoms with Gasteiger partial charge in [0.1, 0.15) is 10.7 Å². The number of hydrogen-bond acceptors (Lipinski definition) is 5. The normalized spacial score (nSPS) is 12.9. The van der Waals surface area contributed by atoms with Gasteiger partial charge in [0.15, 0.2) is 5.13 Å². The topological polar surface area (TPSA) is 74.6 Å². The quantitative estimate of drug-likeness (QED) is 0.740. The molecule has 0 spiro atoms. The number of para-hydroxylation sites is 1. The fourth-order valence-corrected chi connectivity index (χ4v) is 3.62. The predicted octanol–water partition coefficient (Wildman–Crippen LogP) is 2.74. The third kappa shape index (κ3) is 2.77. The van der Waals surface area contributed by atoms with Crippen LogP contribution in [0.4, 0.5) is 15.2 Å². The van der Waals surface area contributed by atoms with Gasteiger partial charge < -0.3 is 10.4 Å². The number of aromatic hydroxyl groups is 1. The molecule has 1 aliphatic heterocycles. The summed E-state index contributed by atoms with van der Waals surface area (Å²) in [5.41, 5.74) is 0.750. The highest BCUT2D eigenvalue weighted by atomic mass is 35.5. The molecule has 0 unspecified atom stereocenters. The summed E-state index contributed by atoms with van der Waals surface area (Å²) >= 11 is 7.15. The van der Waals surface area contributed by atoms with E-state index in [9.17, 15) is 14.3 Å². The lowest BCUT2D eigenvalue weighted by Gasteiger charge is -2.03. The molecule has 0 saturated heterocycles. The van der Waals surface area contributed by atoms with Crippen molar-refractivity contribution in [2.45, 2.75) is 0 Å². The summed E-state index contributed by atoms with van der Waals surface area (Å²) in [6.07, 6.45) is 0. The molecule has 4 rings (SSSR count). The number of fused-ring (bicyclic) bond motifs is 1. The van der Waals surface area contributed by atoms with E-state index in [-0.39, 0.29) is 16.3 Å². The van der Waals surface area contributed by atoms with Gasteiger partial charge in [-0.05, 0) is 30.3 Å². The minimum absolute atomic E-state index is 0.136. The molecule has 0 aliphatic carbocycles. The average molecular weight is 374 g/mol. The van der Waals surface area contributed by atoms with Gasteiger partial charge in [0.25, 0.3) is 5.91 Å². The maximum absolute atomic E-state index is 13.5. The van der Waals surface area contributed by atoms with E-state index in [2.05, 4.69) is 15.3 Å². The molecule has 1 aromatic heterocycles. The summed E-state index contributed by atoms with van der Waals surface area (Å²) in [7, 11) is 0. The monoisotopic (exact) mass is 373 g/mol. The Bertz CT molecular complexity index is 1140. The number of nitrogens with one attached hydrogen (secondary N) is 1. The van der Waals surface area contributed by atoms with Crippen molar-refractivity contribution in [3.63, 3.8) is 0 Å². The highest BCUT2D eigenvalue weighted by Gasteiger charge is 2.25. The van der Waals surface area contributed by atoms with Crippen LogP contribution >= 0.6 is 22.9 Å². The predicted molar refractivity (Wildman–Crippen MR) is 93.2 cm³/mol. The molecule has 0 saturated carbocycles. The van der Waals surface area contributed by atoms with E-state index in [0.29, 0.717) is 26.4 Å². The molecule has 2 heterocycles. The molecule has 124 valence electrons.